The molecule has 132 valence electrons. The van der Waals surface area contributed by atoms with E-state index in [0.29, 0.717) is 6.54 Å². The topological polar surface area (TPSA) is 47.0 Å². The highest BCUT2D eigenvalue weighted by Crippen LogP contribution is 2.26. The van der Waals surface area contributed by atoms with Gasteiger partial charge < -0.3 is 10.1 Å². The first-order valence-electron chi connectivity index (χ1n) is 8.22. The van der Waals surface area contributed by atoms with E-state index in [2.05, 4.69) is 36.8 Å². The molecule has 0 bridgehead atoms. The lowest BCUT2D eigenvalue weighted by Gasteiger charge is -2.17. The standard InChI is InChI=1S/C20H25N3OS/c1-6-14(2)25-16(4)15(3)22-13-17-11-18(24-5)12-20(23-17)19-9-7-8-10-21-19/h6-12,15,22H,4,13H2,1-3,5H3. The first-order chi connectivity index (χ1) is 12.0. The molecular weight excluding hydrogens is 330 g/mol. The fourth-order valence-corrected chi connectivity index (χ4v) is 2.93. The molecule has 5 heteroatoms. The van der Waals surface area contributed by atoms with Crippen LogP contribution in [0.25, 0.3) is 11.4 Å². The molecule has 2 rings (SSSR count). The molecule has 0 aliphatic rings. The quantitative estimate of drug-likeness (QED) is 0.737. The van der Waals surface area contributed by atoms with Gasteiger partial charge in [0.05, 0.1) is 24.2 Å². The van der Waals surface area contributed by atoms with Crippen molar-refractivity contribution in [1.82, 2.24) is 15.3 Å². The number of aromatic nitrogens is 2. The van der Waals surface area contributed by atoms with Crippen LogP contribution in [0.2, 0.25) is 0 Å². The van der Waals surface area contributed by atoms with Gasteiger partial charge in [0, 0.05) is 30.9 Å². The van der Waals surface area contributed by atoms with Crippen molar-refractivity contribution in [2.75, 3.05) is 7.11 Å². The molecule has 0 aliphatic heterocycles. The zero-order valence-electron chi connectivity index (χ0n) is 15.2. The van der Waals surface area contributed by atoms with E-state index in [-0.39, 0.29) is 6.04 Å². The number of hydrogen-bond acceptors (Lipinski definition) is 5. The van der Waals surface area contributed by atoms with Crippen molar-refractivity contribution in [3.05, 3.63) is 64.7 Å². The molecule has 0 saturated carbocycles. The number of pyridine rings is 2. The van der Waals surface area contributed by atoms with Gasteiger partial charge in [0.15, 0.2) is 0 Å². The molecule has 2 heterocycles. The number of nitrogens with one attached hydrogen (secondary N) is 1. The summed E-state index contributed by atoms with van der Waals surface area (Å²) in [5, 5.41) is 3.47. The Hall–Kier alpha value is -2.11. The van der Waals surface area contributed by atoms with Crippen molar-refractivity contribution in [1.29, 1.82) is 0 Å². The Labute approximate surface area is 154 Å². The third-order valence-electron chi connectivity index (χ3n) is 3.79. The largest absolute Gasteiger partial charge is 0.497 e. The minimum absolute atomic E-state index is 0.172. The molecule has 1 unspecified atom stereocenters. The predicted octanol–water partition coefficient (Wildman–Crippen LogP) is 4.80. The highest BCUT2D eigenvalue weighted by molar-refractivity contribution is 8.06. The van der Waals surface area contributed by atoms with Crippen LogP contribution < -0.4 is 10.1 Å². The second-order valence-corrected chi connectivity index (χ2v) is 7.04. The van der Waals surface area contributed by atoms with Crippen molar-refractivity contribution >= 4 is 11.8 Å². The second-order valence-electron chi connectivity index (χ2n) is 5.67. The smallest absolute Gasteiger partial charge is 0.122 e. The zero-order valence-corrected chi connectivity index (χ0v) is 16.1. The summed E-state index contributed by atoms with van der Waals surface area (Å²) in [6.07, 6.45) is 3.85. The van der Waals surface area contributed by atoms with Crippen LogP contribution in [0.1, 0.15) is 26.5 Å². The van der Waals surface area contributed by atoms with Gasteiger partial charge in [-0.15, -0.1) is 0 Å². The molecule has 1 atom stereocenters. The van der Waals surface area contributed by atoms with Gasteiger partial charge in [0.2, 0.25) is 0 Å². The van der Waals surface area contributed by atoms with Crippen LogP contribution in [0.3, 0.4) is 0 Å². The van der Waals surface area contributed by atoms with Gasteiger partial charge in [0.1, 0.15) is 5.75 Å². The molecule has 0 aromatic carbocycles. The Balaban J connectivity index is 2.10. The Morgan fingerprint density at radius 1 is 1.36 bits per heavy atom. The number of rotatable bonds is 8. The third kappa shape index (κ3) is 5.73. The third-order valence-corrected chi connectivity index (χ3v) is 4.96. The summed E-state index contributed by atoms with van der Waals surface area (Å²) >= 11 is 1.70. The molecule has 0 amide bonds. The molecule has 0 spiro atoms. The molecule has 0 aliphatic carbocycles. The van der Waals surface area contributed by atoms with E-state index in [9.17, 15) is 0 Å². The maximum absolute atomic E-state index is 5.41. The van der Waals surface area contributed by atoms with Gasteiger partial charge in [-0.2, -0.15) is 0 Å². The lowest BCUT2D eigenvalue weighted by atomic mass is 10.2. The molecule has 4 nitrogen and oxygen atoms in total. The summed E-state index contributed by atoms with van der Waals surface area (Å²) in [5.74, 6) is 0.776. The van der Waals surface area contributed by atoms with Gasteiger partial charge >= 0.3 is 0 Å². The summed E-state index contributed by atoms with van der Waals surface area (Å²) in [6.45, 7) is 11.0. The van der Waals surface area contributed by atoms with Crippen molar-refractivity contribution in [2.45, 2.75) is 33.4 Å². The molecule has 0 saturated heterocycles. The summed E-state index contributed by atoms with van der Waals surface area (Å²) in [7, 11) is 1.66. The average Bonchev–Trinajstić information content (AvgIpc) is 2.66. The summed E-state index contributed by atoms with van der Waals surface area (Å²) in [4.78, 5) is 11.4. The molecule has 1 N–H and O–H groups in total. The average molecular weight is 356 g/mol. The van der Waals surface area contributed by atoms with E-state index in [0.717, 1.165) is 27.7 Å². The monoisotopic (exact) mass is 355 g/mol. The van der Waals surface area contributed by atoms with Crippen molar-refractivity contribution in [2.24, 2.45) is 0 Å². The van der Waals surface area contributed by atoms with E-state index >= 15 is 0 Å². The number of ether oxygens (including phenoxy) is 1. The maximum Gasteiger partial charge on any atom is 0.122 e. The van der Waals surface area contributed by atoms with E-state index < -0.39 is 0 Å². The summed E-state index contributed by atoms with van der Waals surface area (Å²) in [6, 6.07) is 9.81. The summed E-state index contributed by atoms with van der Waals surface area (Å²) < 4.78 is 5.41. The van der Waals surface area contributed by atoms with Gasteiger partial charge in [-0.05, 0) is 42.7 Å². The number of allylic oxidation sites excluding steroid dienone is 2. The second kappa shape index (κ2) is 9.39. The Morgan fingerprint density at radius 2 is 2.16 bits per heavy atom. The first-order valence-corrected chi connectivity index (χ1v) is 9.04. The molecule has 2 aromatic rings. The fraction of sp³-hybridized carbons (Fsp3) is 0.300. The highest BCUT2D eigenvalue weighted by Gasteiger charge is 2.10. The van der Waals surface area contributed by atoms with E-state index in [1.54, 1.807) is 25.1 Å². The van der Waals surface area contributed by atoms with Gasteiger partial charge in [-0.3, -0.25) is 4.98 Å². The van der Waals surface area contributed by atoms with Crippen molar-refractivity contribution in [3.63, 3.8) is 0 Å². The van der Waals surface area contributed by atoms with Gasteiger partial charge in [-0.1, -0.05) is 30.5 Å². The van der Waals surface area contributed by atoms with Crippen LogP contribution in [0, 0.1) is 0 Å². The van der Waals surface area contributed by atoms with E-state index in [1.807, 2.05) is 37.3 Å². The fourth-order valence-electron chi connectivity index (χ4n) is 2.14. The normalized spacial score (nSPS) is 12.7. The number of hydrogen-bond donors (Lipinski definition) is 1. The molecule has 25 heavy (non-hydrogen) atoms. The number of methoxy groups -OCH3 is 1. The van der Waals surface area contributed by atoms with Gasteiger partial charge in [-0.25, -0.2) is 4.98 Å². The number of nitrogens with zero attached hydrogens (tertiary/aromatic N) is 2. The SMILES string of the molecule is C=C(SC(C)=CC)C(C)NCc1cc(OC)cc(-c2ccccn2)n1. The molecule has 0 radical (unpaired) electrons. The van der Waals surface area contributed by atoms with Crippen LogP contribution in [0.5, 0.6) is 5.75 Å². The minimum atomic E-state index is 0.172. The maximum atomic E-state index is 5.41. The van der Waals surface area contributed by atoms with Gasteiger partial charge in [0.25, 0.3) is 0 Å². The van der Waals surface area contributed by atoms with Crippen LogP contribution >= 0.6 is 11.8 Å². The highest BCUT2D eigenvalue weighted by atomic mass is 32.2. The first kappa shape index (κ1) is 19.2. The zero-order chi connectivity index (χ0) is 18.2. The van der Waals surface area contributed by atoms with Crippen LogP contribution in [0.15, 0.2) is 59.0 Å². The Morgan fingerprint density at radius 3 is 2.80 bits per heavy atom. The van der Waals surface area contributed by atoms with Crippen LogP contribution in [0.4, 0.5) is 0 Å². The predicted molar refractivity (Wildman–Crippen MR) is 106 cm³/mol. The molecular formula is C20H25N3OS. The van der Waals surface area contributed by atoms with E-state index in [4.69, 9.17) is 9.72 Å². The van der Waals surface area contributed by atoms with Crippen molar-refractivity contribution in [3.8, 4) is 17.1 Å². The van der Waals surface area contributed by atoms with Crippen molar-refractivity contribution < 1.29 is 4.74 Å². The minimum Gasteiger partial charge on any atom is -0.497 e. The Kier molecular flexibility index (Phi) is 7.22. The number of thioether (sulfide) groups is 1. The lowest BCUT2D eigenvalue weighted by molar-refractivity contribution is 0.413. The molecule has 2 aromatic heterocycles. The molecule has 0 fully saturated rings. The Bertz CT molecular complexity index is 744. The van der Waals surface area contributed by atoms with Crippen LogP contribution in [-0.2, 0) is 6.54 Å². The lowest BCUT2D eigenvalue weighted by Crippen LogP contribution is -2.26. The van der Waals surface area contributed by atoms with Crippen LogP contribution in [-0.4, -0.2) is 23.1 Å². The van der Waals surface area contributed by atoms with E-state index in [1.165, 1.54) is 4.91 Å². The summed E-state index contributed by atoms with van der Waals surface area (Å²) in [5.41, 5.74) is 2.55.